The maximum Gasteiger partial charge on any atom is 0.163 e. The van der Waals surface area contributed by atoms with E-state index in [0.29, 0.717) is 11.7 Å². The van der Waals surface area contributed by atoms with Crippen LogP contribution in [0.5, 0.6) is 0 Å². The molecule has 2 saturated carbocycles. The van der Waals surface area contributed by atoms with Crippen molar-refractivity contribution >= 4 is 16.6 Å². The number of ketones is 1. The molecule has 2 fully saturated rings. The van der Waals surface area contributed by atoms with Gasteiger partial charge in [-0.1, -0.05) is 19.1 Å². The molecule has 130 valence electrons. The number of aromatic nitrogens is 1. The van der Waals surface area contributed by atoms with Crippen LogP contribution < -0.4 is 0 Å². The van der Waals surface area contributed by atoms with Crippen LogP contribution in [0.4, 0.5) is 0 Å². The van der Waals surface area contributed by atoms with Crippen molar-refractivity contribution in [2.24, 2.45) is 11.3 Å². The van der Waals surface area contributed by atoms with Gasteiger partial charge in [0.15, 0.2) is 5.78 Å². The predicted molar refractivity (Wildman–Crippen MR) is 101 cm³/mol. The molecule has 2 aromatic rings. The van der Waals surface area contributed by atoms with E-state index in [9.17, 15) is 4.79 Å². The first-order chi connectivity index (χ1) is 12.0. The number of pyridine rings is 1. The second kappa shape index (κ2) is 5.98. The van der Waals surface area contributed by atoms with Crippen LogP contribution >= 0.6 is 0 Å². The molecule has 0 bridgehead atoms. The van der Waals surface area contributed by atoms with Crippen molar-refractivity contribution in [3.8, 4) is 0 Å². The second-order valence-electron chi connectivity index (χ2n) is 8.15. The topological polar surface area (TPSA) is 33.2 Å². The third-order valence-corrected chi connectivity index (χ3v) is 6.38. The number of hydrogen-bond donors (Lipinski definition) is 0. The number of allylic oxidation sites excluding steroid dienone is 1. The van der Waals surface area contributed by atoms with Crippen molar-refractivity contribution in [1.82, 2.24) is 9.88 Å². The number of fused-ring (bicyclic) bond motifs is 2. The zero-order valence-corrected chi connectivity index (χ0v) is 15.3. The minimum absolute atomic E-state index is 0.0800. The van der Waals surface area contributed by atoms with Crippen molar-refractivity contribution in [1.29, 1.82) is 0 Å². The lowest BCUT2D eigenvalue weighted by Crippen LogP contribution is -2.38. The lowest BCUT2D eigenvalue weighted by atomic mass is 9.62. The summed E-state index contributed by atoms with van der Waals surface area (Å²) < 4.78 is 0. The van der Waals surface area contributed by atoms with Crippen LogP contribution in [0.1, 0.15) is 44.1 Å². The first kappa shape index (κ1) is 16.3. The van der Waals surface area contributed by atoms with Gasteiger partial charge in [-0.25, -0.2) is 0 Å². The molecule has 0 radical (unpaired) electrons. The Balaban J connectivity index is 1.68. The summed E-state index contributed by atoms with van der Waals surface area (Å²) in [5, 5.41) is 2.43. The molecule has 3 heteroatoms. The summed E-state index contributed by atoms with van der Waals surface area (Å²) >= 11 is 0. The van der Waals surface area contributed by atoms with Gasteiger partial charge in [-0.15, -0.1) is 0 Å². The molecular weight excluding hydrogens is 308 g/mol. The van der Waals surface area contributed by atoms with E-state index in [4.69, 9.17) is 0 Å². The Bertz CT molecular complexity index is 854. The molecule has 0 aliphatic heterocycles. The summed E-state index contributed by atoms with van der Waals surface area (Å²) in [6.45, 7) is 2.34. The molecule has 2 aliphatic carbocycles. The summed E-state index contributed by atoms with van der Waals surface area (Å²) in [6, 6.07) is 8.80. The van der Waals surface area contributed by atoms with Crippen LogP contribution in [0, 0.1) is 11.3 Å². The number of Topliss-reactive ketones (excluding diaryl/α,β-unsaturated/α-hetero) is 1. The SMILES string of the molecule is CN(C)/C=C1\CC[C@@]2(C)[C@H](CC[C@@H]2c2ccc3ccncc3c2)C1=O. The number of carbonyl (C=O) groups is 1. The van der Waals surface area contributed by atoms with E-state index in [1.165, 1.54) is 16.3 Å². The second-order valence-corrected chi connectivity index (χ2v) is 8.15. The van der Waals surface area contributed by atoms with Gasteiger partial charge in [-0.05, 0) is 60.1 Å². The minimum Gasteiger partial charge on any atom is -0.383 e. The molecule has 4 rings (SSSR count). The van der Waals surface area contributed by atoms with Crippen LogP contribution in [0.25, 0.3) is 10.8 Å². The van der Waals surface area contributed by atoms with Gasteiger partial charge in [0.1, 0.15) is 0 Å². The highest BCUT2D eigenvalue weighted by Crippen LogP contribution is 2.59. The zero-order valence-electron chi connectivity index (χ0n) is 15.3. The number of hydrogen-bond acceptors (Lipinski definition) is 3. The van der Waals surface area contributed by atoms with Crippen molar-refractivity contribution in [2.75, 3.05) is 14.1 Å². The van der Waals surface area contributed by atoms with Crippen LogP contribution in [-0.4, -0.2) is 29.8 Å². The van der Waals surface area contributed by atoms with E-state index in [1.54, 1.807) is 0 Å². The molecule has 1 aromatic carbocycles. The normalized spacial score (nSPS) is 30.7. The van der Waals surface area contributed by atoms with Gasteiger partial charge in [0.05, 0.1) is 0 Å². The predicted octanol–water partition coefficient (Wildman–Crippen LogP) is 4.54. The van der Waals surface area contributed by atoms with Gasteiger partial charge < -0.3 is 4.90 Å². The van der Waals surface area contributed by atoms with E-state index in [1.807, 2.05) is 37.6 Å². The van der Waals surface area contributed by atoms with E-state index < -0.39 is 0 Å². The maximum atomic E-state index is 13.0. The summed E-state index contributed by atoms with van der Waals surface area (Å²) in [6.07, 6.45) is 9.92. The highest BCUT2D eigenvalue weighted by Gasteiger charge is 2.52. The van der Waals surface area contributed by atoms with Crippen molar-refractivity contribution in [3.63, 3.8) is 0 Å². The van der Waals surface area contributed by atoms with Crippen LogP contribution in [0.15, 0.2) is 48.4 Å². The average Bonchev–Trinajstić information content (AvgIpc) is 2.95. The van der Waals surface area contributed by atoms with Crippen LogP contribution in [0.2, 0.25) is 0 Å². The lowest BCUT2D eigenvalue weighted by Gasteiger charge is -2.41. The molecule has 0 N–H and O–H groups in total. The minimum atomic E-state index is 0.0800. The number of nitrogens with zero attached hydrogens (tertiary/aromatic N) is 2. The molecule has 0 saturated heterocycles. The third kappa shape index (κ3) is 2.66. The first-order valence-electron chi connectivity index (χ1n) is 9.24. The summed E-state index contributed by atoms with van der Waals surface area (Å²) in [5.41, 5.74) is 2.46. The van der Waals surface area contributed by atoms with E-state index in [-0.39, 0.29) is 11.3 Å². The van der Waals surface area contributed by atoms with Gasteiger partial charge in [0.2, 0.25) is 0 Å². The summed E-state index contributed by atoms with van der Waals surface area (Å²) in [4.78, 5) is 19.3. The number of benzene rings is 1. The summed E-state index contributed by atoms with van der Waals surface area (Å²) in [7, 11) is 3.99. The van der Waals surface area contributed by atoms with Gasteiger partial charge >= 0.3 is 0 Å². The number of rotatable bonds is 2. The maximum absolute atomic E-state index is 13.0. The third-order valence-electron chi connectivity index (χ3n) is 6.38. The Hall–Kier alpha value is -2.16. The fourth-order valence-electron chi connectivity index (χ4n) is 5.07. The standard InChI is InChI=1S/C22H26N2O/c1-22-10-8-17(14-24(2)3)21(25)20(22)7-6-19(22)16-5-4-15-9-11-23-13-18(15)12-16/h4-5,9,11-14,19-20H,6-8,10H2,1-3H3/b17-14+/t19-,20-,22-/m1/s1. The molecule has 0 amide bonds. The Morgan fingerprint density at radius 3 is 2.76 bits per heavy atom. The van der Waals surface area contributed by atoms with Crippen molar-refractivity contribution in [2.45, 2.75) is 38.5 Å². The van der Waals surface area contributed by atoms with Crippen LogP contribution in [-0.2, 0) is 4.79 Å². The largest absolute Gasteiger partial charge is 0.383 e. The Morgan fingerprint density at radius 1 is 1.16 bits per heavy atom. The highest BCUT2D eigenvalue weighted by molar-refractivity contribution is 5.98. The van der Waals surface area contributed by atoms with Gasteiger partial charge in [0.25, 0.3) is 0 Å². The number of carbonyl (C=O) groups excluding carboxylic acids is 1. The molecule has 3 nitrogen and oxygen atoms in total. The molecule has 0 spiro atoms. The molecule has 2 aliphatic rings. The molecule has 0 unspecified atom stereocenters. The smallest absolute Gasteiger partial charge is 0.163 e. The quantitative estimate of drug-likeness (QED) is 0.756. The molecule has 1 heterocycles. The lowest BCUT2D eigenvalue weighted by molar-refractivity contribution is -0.124. The van der Waals surface area contributed by atoms with E-state index in [0.717, 1.165) is 31.3 Å². The molecular formula is C22H26N2O. The fourth-order valence-corrected chi connectivity index (χ4v) is 5.07. The van der Waals surface area contributed by atoms with Gasteiger partial charge in [0, 0.05) is 49.6 Å². The summed E-state index contributed by atoms with van der Waals surface area (Å²) in [5.74, 6) is 1.02. The fraction of sp³-hybridized carbons (Fsp3) is 0.455. The van der Waals surface area contributed by atoms with Gasteiger partial charge in [-0.3, -0.25) is 9.78 Å². The van der Waals surface area contributed by atoms with Crippen LogP contribution in [0.3, 0.4) is 0 Å². The van der Waals surface area contributed by atoms with Gasteiger partial charge in [-0.2, -0.15) is 0 Å². The Morgan fingerprint density at radius 2 is 1.96 bits per heavy atom. The molecule has 1 aromatic heterocycles. The highest BCUT2D eigenvalue weighted by atomic mass is 16.1. The van der Waals surface area contributed by atoms with Crippen molar-refractivity contribution < 1.29 is 4.79 Å². The average molecular weight is 334 g/mol. The molecule has 25 heavy (non-hydrogen) atoms. The van der Waals surface area contributed by atoms with Crippen molar-refractivity contribution in [3.05, 3.63) is 54.0 Å². The Kier molecular flexibility index (Phi) is 3.90. The zero-order chi connectivity index (χ0) is 17.6. The monoisotopic (exact) mass is 334 g/mol. The first-order valence-corrected chi connectivity index (χ1v) is 9.24. The van der Waals surface area contributed by atoms with E-state index >= 15 is 0 Å². The Labute approximate surface area is 149 Å². The van der Waals surface area contributed by atoms with E-state index in [2.05, 4.69) is 36.2 Å². The molecule has 3 atom stereocenters.